The summed E-state index contributed by atoms with van der Waals surface area (Å²) >= 11 is 0. The van der Waals surface area contributed by atoms with E-state index in [0.717, 1.165) is 16.7 Å². The van der Waals surface area contributed by atoms with Crippen molar-refractivity contribution < 1.29 is 9.90 Å². The molecule has 82 valence electrons. The van der Waals surface area contributed by atoms with Crippen LogP contribution >= 0.6 is 0 Å². The lowest BCUT2D eigenvalue weighted by Crippen LogP contribution is -2.15. The zero-order valence-electron chi connectivity index (χ0n) is 10.0. The van der Waals surface area contributed by atoms with Crippen LogP contribution in [-0.2, 0) is 5.41 Å². The van der Waals surface area contributed by atoms with Gasteiger partial charge >= 0.3 is 5.97 Å². The fraction of sp³-hybridized carbons (Fsp3) is 0.462. The molecule has 0 heterocycles. The van der Waals surface area contributed by atoms with Crippen molar-refractivity contribution in [1.29, 1.82) is 0 Å². The summed E-state index contributed by atoms with van der Waals surface area (Å²) in [6, 6.07) is 3.75. The number of benzene rings is 1. The highest BCUT2D eigenvalue weighted by atomic mass is 16.4. The minimum absolute atomic E-state index is 0.0119. The second kappa shape index (κ2) is 3.69. The minimum atomic E-state index is -0.849. The molecule has 0 amide bonds. The number of aromatic carboxylic acids is 1. The van der Waals surface area contributed by atoms with Gasteiger partial charge in [-0.15, -0.1) is 0 Å². The molecular weight excluding hydrogens is 188 g/mol. The largest absolute Gasteiger partial charge is 0.478 e. The Morgan fingerprint density at radius 1 is 1.13 bits per heavy atom. The lowest BCUT2D eigenvalue weighted by Gasteiger charge is -2.22. The standard InChI is InChI=1S/C13H18O2/c1-8-6-9(2)11(13(3,4)5)7-10(8)12(14)15/h6-7H,1-5H3,(H,14,15). The summed E-state index contributed by atoms with van der Waals surface area (Å²) in [4.78, 5) is 11.0. The van der Waals surface area contributed by atoms with E-state index in [1.165, 1.54) is 0 Å². The molecule has 0 aliphatic heterocycles. The van der Waals surface area contributed by atoms with Gasteiger partial charge in [-0.25, -0.2) is 4.79 Å². The van der Waals surface area contributed by atoms with Gasteiger partial charge in [0.05, 0.1) is 5.56 Å². The Labute approximate surface area is 90.9 Å². The fourth-order valence-corrected chi connectivity index (χ4v) is 1.89. The van der Waals surface area contributed by atoms with E-state index in [4.69, 9.17) is 5.11 Å². The molecule has 0 fully saturated rings. The molecule has 1 N–H and O–H groups in total. The molecule has 0 aromatic heterocycles. The van der Waals surface area contributed by atoms with Gasteiger partial charge in [0.2, 0.25) is 0 Å². The zero-order valence-corrected chi connectivity index (χ0v) is 10.0. The van der Waals surface area contributed by atoms with E-state index in [2.05, 4.69) is 20.8 Å². The number of rotatable bonds is 1. The van der Waals surface area contributed by atoms with Crippen LogP contribution in [0.3, 0.4) is 0 Å². The maximum atomic E-state index is 11.0. The molecule has 2 heteroatoms. The van der Waals surface area contributed by atoms with Crippen molar-refractivity contribution in [2.24, 2.45) is 0 Å². The van der Waals surface area contributed by atoms with Crippen LogP contribution in [0.25, 0.3) is 0 Å². The van der Waals surface area contributed by atoms with E-state index >= 15 is 0 Å². The quantitative estimate of drug-likeness (QED) is 0.765. The summed E-state index contributed by atoms with van der Waals surface area (Å²) in [5.41, 5.74) is 3.48. The third-order valence-electron chi connectivity index (χ3n) is 2.61. The normalized spacial score (nSPS) is 11.5. The molecule has 0 atom stereocenters. The molecule has 2 nitrogen and oxygen atoms in total. The molecule has 0 saturated carbocycles. The molecule has 1 rings (SSSR count). The molecule has 0 saturated heterocycles. The van der Waals surface area contributed by atoms with Gasteiger partial charge < -0.3 is 5.11 Å². The van der Waals surface area contributed by atoms with Crippen molar-refractivity contribution in [3.63, 3.8) is 0 Å². The summed E-state index contributed by atoms with van der Waals surface area (Å²) in [5.74, 6) is -0.849. The average Bonchev–Trinajstić information content (AvgIpc) is 2.00. The number of carbonyl (C=O) groups is 1. The molecule has 1 aromatic rings. The van der Waals surface area contributed by atoms with Gasteiger partial charge in [0.15, 0.2) is 0 Å². The van der Waals surface area contributed by atoms with Gasteiger partial charge in [-0.1, -0.05) is 26.8 Å². The number of carboxylic acid groups (broad SMARTS) is 1. The molecule has 0 aliphatic rings. The highest BCUT2D eigenvalue weighted by Crippen LogP contribution is 2.28. The second-order valence-electron chi connectivity index (χ2n) is 5.04. The van der Waals surface area contributed by atoms with Crippen LogP contribution < -0.4 is 0 Å². The SMILES string of the molecule is Cc1cc(C)c(C(C)(C)C)cc1C(=O)O. The first-order valence-corrected chi connectivity index (χ1v) is 5.08. The van der Waals surface area contributed by atoms with Crippen LogP contribution in [0.15, 0.2) is 12.1 Å². The van der Waals surface area contributed by atoms with E-state index < -0.39 is 5.97 Å². The number of hydrogen-bond acceptors (Lipinski definition) is 1. The van der Waals surface area contributed by atoms with Crippen LogP contribution in [-0.4, -0.2) is 11.1 Å². The zero-order chi connectivity index (χ0) is 11.8. The summed E-state index contributed by atoms with van der Waals surface area (Å²) in [5, 5.41) is 9.05. The molecule has 15 heavy (non-hydrogen) atoms. The molecular formula is C13H18O2. The highest BCUT2D eigenvalue weighted by Gasteiger charge is 2.19. The molecule has 1 aromatic carbocycles. The predicted octanol–water partition coefficient (Wildman–Crippen LogP) is 3.30. The van der Waals surface area contributed by atoms with Gasteiger partial charge in [0.1, 0.15) is 0 Å². The van der Waals surface area contributed by atoms with E-state index in [-0.39, 0.29) is 5.41 Å². The Hall–Kier alpha value is -1.31. The highest BCUT2D eigenvalue weighted by molar-refractivity contribution is 5.89. The average molecular weight is 206 g/mol. The molecule has 0 radical (unpaired) electrons. The van der Waals surface area contributed by atoms with Crippen LogP contribution in [0.4, 0.5) is 0 Å². The van der Waals surface area contributed by atoms with E-state index in [0.29, 0.717) is 5.56 Å². The maximum absolute atomic E-state index is 11.0. The second-order valence-corrected chi connectivity index (χ2v) is 5.04. The van der Waals surface area contributed by atoms with E-state index in [9.17, 15) is 4.79 Å². The number of hydrogen-bond donors (Lipinski definition) is 1. The molecule has 0 aliphatic carbocycles. The van der Waals surface area contributed by atoms with Gasteiger partial charge in [-0.05, 0) is 42.0 Å². The Balaban J connectivity index is 3.43. The van der Waals surface area contributed by atoms with Crippen molar-refractivity contribution in [1.82, 2.24) is 0 Å². The third-order valence-corrected chi connectivity index (χ3v) is 2.61. The van der Waals surface area contributed by atoms with Crippen LogP contribution in [0.2, 0.25) is 0 Å². The molecule has 0 unspecified atom stereocenters. The first-order chi connectivity index (χ1) is 6.73. The summed E-state index contributed by atoms with van der Waals surface area (Å²) in [6.45, 7) is 10.1. The minimum Gasteiger partial charge on any atom is -0.478 e. The van der Waals surface area contributed by atoms with Crippen LogP contribution in [0.1, 0.15) is 47.8 Å². The smallest absolute Gasteiger partial charge is 0.335 e. The van der Waals surface area contributed by atoms with E-state index in [1.807, 2.05) is 19.9 Å². The predicted molar refractivity (Wildman–Crippen MR) is 61.6 cm³/mol. The topological polar surface area (TPSA) is 37.3 Å². The number of aryl methyl sites for hydroxylation is 2. The maximum Gasteiger partial charge on any atom is 0.335 e. The Morgan fingerprint density at radius 3 is 2.07 bits per heavy atom. The number of carboxylic acids is 1. The van der Waals surface area contributed by atoms with Gasteiger partial charge in [0.25, 0.3) is 0 Å². The Bertz CT molecular complexity index is 398. The summed E-state index contributed by atoms with van der Waals surface area (Å²) in [6.07, 6.45) is 0. The first kappa shape index (κ1) is 11.8. The molecule has 0 bridgehead atoms. The lowest BCUT2D eigenvalue weighted by atomic mass is 9.82. The van der Waals surface area contributed by atoms with Crippen molar-refractivity contribution in [2.75, 3.05) is 0 Å². The van der Waals surface area contributed by atoms with Crippen molar-refractivity contribution in [3.05, 3.63) is 34.4 Å². The van der Waals surface area contributed by atoms with Crippen molar-refractivity contribution in [2.45, 2.75) is 40.0 Å². The third kappa shape index (κ3) is 2.38. The van der Waals surface area contributed by atoms with Crippen molar-refractivity contribution in [3.8, 4) is 0 Å². The van der Waals surface area contributed by atoms with Gasteiger partial charge in [-0.3, -0.25) is 0 Å². The Morgan fingerprint density at radius 2 is 1.67 bits per heavy atom. The summed E-state index contributed by atoms with van der Waals surface area (Å²) < 4.78 is 0. The summed E-state index contributed by atoms with van der Waals surface area (Å²) in [7, 11) is 0. The van der Waals surface area contributed by atoms with Crippen LogP contribution in [0.5, 0.6) is 0 Å². The first-order valence-electron chi connectivity index (χ1n) is 5.08. The lowest BCUT2D eigenvalue weighted by molar-refractivity contribution is 0.0696. The van der Waals surface area contributed by atoms with E-state index in [1.54, 1.807) is 6.07 Å². The van der Waals surface area contributed by atoms with Crippen LogP contribution in [0, 0.1) is 13.8 Å². The van der Waals surface area contributed by atoms with Gasteiger partial charge in [-0.2, -0.15) is 0 Å². The Kier molecular flexibility index (Phi) is 2.89. The molecule has 0 spiro atoms. The van der Waals surface area contributed by atoms with Crippen molar-refractivity contribution >= 4 is 5.97 Å². The monoisotopic (exact) mass is 206 g/mol. The fourth-order valence-electron chi connectivity index (χ4n) is 1.89. The van der Waals surface area contributed by atoms with Gasteiger partial charge in [0, 0.05) is 0 Å².